The van der Waals surface area contributed by atoms with Gasteiger partial charge in [0.1, 0.15) is 11.6 Å². The third-order valence-corrected chi connectivity index (χ3v) is 6.86. The molecule has 170 valence electrons. The van der Waals surface area contributed by atoms with Gasteiger partial charge in [-0.2, -0.15) is 5.10 Å². The maximum atomic E-state index is 12.4. The average Bonchev–Trinajstić information content (AvgIpc) is 3.14. The van der Waals surface area contributed by atoms with E-state index in [1.807, 2.05) is 42.5 Å². The number of hydrogen-bond acceptors (Lipinski definition) is 4. The third kappa shape index (κ3) is 7.05. The molecule has 0 unspecified atom stereocenters. The number of aromatic nitrogens is 2. The van der Waals surface area contributed by atoms with E-state index in [1.165, 1.54) is 5.56 Å². The monoisotopic (exact) mass is 453 g/mol. The molecule has 0 fully saturated rings. The van der Waals surface area contributed by atoms with E-state index in [2.05, 4.69) is 43.3 Å². The molecule has 0 spiro atoms. The first-order chi connectivity index (χ1) is 15.1. The zero-order valence-electron chi connectivity index (χ0n) is 18.9. The standard InChI is InChI=1S/C25H31N3O3S/c1-25(2,3)22-13-11-21(12-14-22)18-28-23(15-16-26-28)27-24(29)19-32(30,31)17-7-10-20-8-5-4-6-9-20/h4-6,8-9,11-16H,7,10,17-19H2,1-3H3,(H,27,29). The Labute approximate surface area is 190 Å². The van der Waals surface area contributed by atoms with Crippen molar-refractivity contribution in [1.82, 2.24) is 9.78 Å². The van der Waals surface area contributed by atoms with Gasteiger partial charge in [0.25, 0.3) is 0 Å². The van der Waals surface area contributed by atoms with Crippen LogP contribution < -0.4 is 5.32 Å². The Morgan fingerprint density at radius 2 is 1.66 bits per heavy atom. The molecule has 6 nitrogen and oxygen atoms in total. The number of carbonyl (C=O) groups is 1. The number of carbonyl (C=O) groups excluding carboxylic acids is 1. The minimum atomic E-state index is -3.49. The van der Waals surface area contributed by atoms with E-state index in [4.69, 9.17) is 0 Å². The Bertz CT molecular complexity index is 1130. The second-order valence-corrected chi connectivity index (χ2v) is 11.2. The summed E-state index contributed by atoms with van der Waals surface area (Å²) < 4.78 is 26.4. The molecule has 3 rings (SSSR count). The molecule has 1 heterocycles. The van der Waals surface area contributed by atoms with Crippen LogP contribution in [0.1, 0.15) is 43.9 Å². The number of hydrogen-bond donors (Lipinski definition) is 1. The van der Waals surface area contributed by atoms with Gasteiger partial charge in [0.05, 0.1) is 18.5 Å². The molecule has 0 aliphatic rings. The molecule has 0 saturated heterocycles. The van der Waals surface area contributed by atoms with Crippen LogP contribution in [0.4, 0.5) is 5.82 Å². The molecule has 0 aliphatic carbocycles. The van der Waals surface area contributed by atoms with Gasteiger partial charge in [-0.05, 0) is 34.9 Å². The molecule has 1 amide bonds. The molecule has 1 aromatic heterocycles. The van der Waals surface area contributed by atoms with Gasteiger partial charge in [0, 0.05) is 6.07 Å². The lowest BCUT2D eigenvalue weighted by atomic mass is 9.87. The number of sulfone groups is 1. The van der Waals surface area contributed by atoms with E-state index in [1.54, 1.807) is 16.9 Å². The second-order valence-electron chi connectivity index (χ2n) is 9.05. The van der Waals surface area contributed by atoms with E-state index in [9.17, 15) is 13.2 Å². The fraction of sp³-hybridized carbons (Fsp3) is 0.360. The number of nitrogens with zero attached hydrogens (tertiary/aromatic N) is 2. The highest BCUT2D eigenvalue weighted by Crippen LogP contribution is 2.22. The Morgan fingerprint density at radius 1 is 0.969 bits per heavy atom. The summed E-state index contributed by atoms with van der Waals surface area (Å²) in [6.45, 7) is 6.98. The number of rotatable bonds is 9. The minimum absolute atomic E-state index is 0.0191. The topological polar surface area (TPSA) is 81.1 Å². The van der Waals surface area contributed by atoms with Crippen LogP contribution in [0.5, 0.6) is 0 Å². The Hall–Kier alpha value is -2.93. The number of nitrogens with one attached hydrogen (secondary N) is 1. The molecule has 32 heavy (non-hydrogen) atoms. The lowest BCUT2D eigenvalue weighted by Crippen LogP contribution is -2.26. The summed E-state index contributed by atoms with van der Waals surface area (Å²) in [5.74, 6) is -0.619. The molecule has 2 aromatic carbocycles. The van der Waals surface area contributed by atoms with Gasteiger partial charge in [0.2, 0.25) is 5.91 Å². The van der Waals surface area contributed by atoms with Gasteiger partial charge in [-0.15, -0.1) is 0 Å². The lowest BCUT2D eigenvalue weighted by Gasteiger charge is -2.19. The molecule has 0 bridgehead atoms. The summed E-state index contributed by atoms with van der Waals surface area (Å²) in [5.41, 5.74) is 3.46. The summed E-state index contributed by atoms with van der Waals surface area (Å²) in [6.07, 6.45) is 2.75. The van der Waals surface area contributed by atoms with Crippen molar-refractivity contribution in [2.45, 2.75) is 45.6 Å². The van der Waals surface area contributed by atoms with Crippen molar-refractivity contribution >= 4 is 21.6 Å². The van der Waals surface area contributed by atoms with Crippen molar-refractivity contribution in [3.63, 3.8) is 0 Å². The normalized spacial score (nSPS) is 12.0. The molecular weight excluding hydrogens is 422 g/mol. The molecule has 3 aromatic rings. The summed E-state index contributed by atoms with van der Waals surface area (Å²) in [6, 6.07) is 19.7. The van der Waals surface area contributed by atoms with Gasteiger partial charge in [-0.3, -0.25) is 4.79 Å². The largest absolute Gasteiger partial charge is 0.310 e. The third-order valence-electron chi connectivity index (χ3n) is 5.25. The number of amides is 1. The first kappa shape index (κ1) is 23.7. The Balaban J connectivity index is 1.54. The van der Waals surface area contributed by atoms with E-state index in [0.717, 1.165) is 11.1 Å². The van der Waals surface area contributed by atoms with Gasteiger partial charge in [-0.25, -0.2) is 13.1 Å². The summed E-state index contributed by atoms with van der Waals surface area (Å²) >= 11 is 0. The predicted octanol–water partition coefficient (Wildman–Crippen LogP) is 4.22. The second kappa shape index (κ2) is 10.1. The molecule has 7 heteroatoms. The van der Waals surface area contributed by atoms with Crippen LogP contribution >= 0.6 is 0 Å². The van der Waals surface area contributed by atoms with E-state index in [0.29, 0.717) is 25.2 Å². The number of aryl methyl sites for hydroxylation is 1. The first-order valence-corrected chi connectivity index (χ1v) is 12.6. The number of anilines is 1. The number of benzene rings is 2. The van der Waals surface area contributed by atoms with Crippen molar-refractivity contribution in [2.24, 2.45) is 0 Å². The van der Waals surface area contributed by atoms with Crippen molar-refractivity contribution in [1.29, 1.82) is 0 Å². The smallest absolute Gasteiger partial charge is 0.240 e. The zero-order valence-corrected chi connectivity index (χ0v) is 19.7. The lowest BCUT2D eigenvalue weighted by molar-refractivity contribution is -0.113. The van der Waals surface area contributed by atoms with Crippen LogP contribution in [0.15, 0.2) is 66.9 Å². The van der Waals surface area contributed by atoms with Crippen molar-refractivity contribution in [3.05, 3.63) is 83.6 Å². The van der Waals surface area contributed by atoms with Crippen LogP contribution in [0.3, 0.4) is 0 Å². The van der Waals surface area contributed by atoms with Crippen molar-refractivity contribution in [2.75, 3.05) is 16.8 Å². The molecule has 0 atom stereocenters. The first-order valence-electron chi connectivity index (χ1n) is 10.8. The highest BCUT2D eigenvalue weighted by Gasteiger charge is 2.18. The maximum Gasteiger partial charge on any atom is 0.240 e. The van der Waals surface area contributed by atoms with Crippen molar-refractivity contribution in [3.8, 4) is 0 Å². The minimum Gasteiger partial charge on any atom is -0.310 e. The van der Waals surface area contributed by atoms with Crippen LogP contribution in [0.2, 0.25) is 0 Å². The van der Waals surface area contributed by atoms with E-state index < -0.39 is 21.5 Å². The van der Waals surface area contributed by atoms with Gasteiger partial charge in [-0.1, -0.05) is 75.4 Å². The van der Waals surface area contributed by atoms with Crippen LogP contribution in [-0.4, -0.2) is 35.6 Å². The van der Waals surface area contributed by atoms with Gasteiger partial charge >= 0.3 is 0 Å². The average molecular weight is 454 g/mol. The van der Waals surface area contributed by atoms with Crippen molar-refractivity contribution < 1.29 is 13.2 Å². The highest BCUT2D eigenvalue weighted by molar-refractivity contribution is 7.92. The van der Waals surface area contributed by atoms with Crippen LogP contribution in [-0.2, 0) is 33.0 Å². The molecule has 0 aliphatic heterocycles. The van der Waals surface area contributed by atoms with Gasteiger partial charge in [0.15, 0.2) is 9.84 Å². The molecule has 0 radical (unpaired) electrons. The van der Waals surface area contributed by atoms with E-state index >= 15 is 0 Å². The van der Waals surface area contributed by atoms with Gasteiger partial charge < -0.3 is 5.32 Å². The molecule has 1 N–H and O–H groups in total. The quantitative estimate of drug-likeness (QED) is 0.526. The molecular formula is C25H31N3O3S. The van der Waals surface area contributed by atoms with E-state index in [-0.39, 0.29) is 11.2 Å². The van der Waals surface area contributed by atoms with Crippen LogP contribution in [0.25, 0.3) is 0 Å². The highest BCUT2D eigenvalue weighted by atomic mass is 32.2. The van der Waals surface area contributed by atoms with Crippen LogP contribution in [0, 0.1) is 0 Å². The summed E-state index contributed by atoms with van der Waals surface area (Å²) in [4.78, 5) is 12.4. The SMILES string of the molecule is CC(C)(C)c1ccc(Cn2nccc2NC(=O)CS(=O)(=O)CCCc2ccccc2)cc1. The Kier molecular flexibility index (Phi) is 7.51. The Morgan fingerprint density at radius 3 is 2.31 bits per heavy atom. The molecule has 0 saturated carbocycles. The fourth-order valence-electron chi connectivity index (χ4n) is 3.44. The maximum absolute atomic E-state index is 12.4. The predicted molar refractivity (Wildman–Crippen MR) is 129 cm³/mol. The summed E-state index contributed by atoms with van der Waals surface area (Å²) in [7, 11) is -3.49. The zero-order chi connectivity index (χ0) is 23.2. The fourth-order valence-corrected chi connectivity index (χ4v) is 4.64. The summed E-state index contributed by atoms with van der Waals surface area (Å²) in [5, 5.41) is 6.96.